The van der Waals surface area contributed by atoms with Crippen molar-refractivity contribution in [3.63, 3.8) is 0 Å². The van der Waals surface area contributed by atoms with E-state index in [1.807, 2.05) is 19.9 Å². The van der Waals surface area contributed by atoms with Crippen molar-refractivity contribution in [1.82, 2.24) is 10.3 Å². The SMILES string of the molecule is Cc1cc(C)c(CNC(=O)c2ccc(S)cc2)c(Cl)n1. The van der Waals surface area contributed by atoms with Gasteiger partial charge in [-0.1, -0.05) is 11.6 Å². The van der Waals surface area contributed by atoms with E-state index in [9.17, 15) is 4.79 Å². The number of carbonyl (C=O) groups is 1. The fourth-order valence-electron chi connectivity index (χ4n) is 1.91. The number of rotatable bonds is 3. The normalized spacial score (nSPS) is 10.4. The summed E-state index contributed by atoms with van der Waals surface area (Å²) >= 11 is 10.3. The van der Waals surface area contributed by atoms with Crippen LogP contribution in [-0.2, 0) is 6.54 Å². The Hall–Kier alpha value is -1.52. The Labute approximate surface area is 128 Å². The molecule has 1 aromatic heterocycles. The van der Waals surface area contributed by atoms with E-state index in [0.29, 0.717) is 17.3 Å². The van der Waals surface area contributed by atoms with Crippen molar-refractivity contribution in [1.29, 1.82) is 0 Å². The first-order valence-electron chi connectivity index (χ1n) is 6.17. The van der Waals surface area contributed by atoms with Gasteiger partial charge >= 0.3 is 0 Å². The first-order valence-corrected chi connectivity index (χ1v) is 6.99. The maximum Gasteiger partial charge on any atom is 0.251 e. The number of hydrogen-bond acceptors (Lipinski definition) is 3. The van der Waals surface area contributed by atoms with Crippen LogP contribution in [0.1, 0.15) is 27.2 Å². The van der Waals surface area contributed by atoms with E-state index in [1.165, 1.54) is 0 Å². The maximum atomic E-state index is 12.0. The number of halogens is 1. The fraction of sp³-hybridized carbons (Fsp3) is 0.200. The Morgan fingerprint density at radius 3 is 2.55 bits per heavy atom. The van der Waals surface area contributed by atoms with Crippen molar-refractivity contribution < 1.29 is 4.79 Å². The average molecular weight is 307 g/mol. The summed E-state index contributed by atoms with van der Waals surface area (Å²) in [5.41, 5.74) is 3.33. The molecule has 1 heterocycles. The van der Waals surface area contributed by atoms with E-state index in [0.717, 1.165) is 21.7 Å². The molecule has 2 aromatic rings. The Morgan fingerprint density at radius 1 is 1.30 bits per heavy atom. The molecule has 0 radical (unpaired) electrons. The number of pyridine rings is 1. The second-order valence-corrected chi connectivity index (χ2v) is 5.45. The molecule has 0 bridgehead atoms. The van der Waals surface area contributed by atoms with Crippen molar-refractivity contribution in [2.45, 2.75) is 25.3 Å². The highest BCUT2D eigenvalue weighted by Gasteiger charge is 2.10. The predicted molar refractivity (Wildman–Crippen MR) is 83.6 cm³/mol. The molecule has 0 saturated heterocycles. The van der Waals surface area contributed by atoms with Gasteiger partial charge in [0.2, 0.25) is 0 Å². The summed E-state index contributed by atoms with van der Waals surface area (Å²) < 4.78 is 0. The van der Waals surface area contributed by atoms with Crippen molar-refractivity contribution in [2.24, 2.45) is 0 Å². The third kappa shape index (κ3) is 3.52. The lowest BCUT2D eigenvalue weighted by Gasteiger charge is -2.10. The molecule has 0 atom stereocenters. The Kier molecular flexibility index (Phi) is 4.68. The molecule has 2 rings (SSSR count). The monoisotopic (exact) mass is 306 g/mol. The smallest absolute Gasteiger partial charge is 0.251 e. The highest BCUT2D eigenvalue weighted by Crippen LogP contribution is 2.18. The van der Waals surface area contributed by atoms with Gasteiger partial charge in [-0.3, -0.25) is 4.79 Å². The lowest BCUT2D eigenvalue weighted by Crippen LogP contribution is -2.23. The number of aromatic nitrogens is 1. The number of nitrogens with one attached hydrogen (secondary N) is 1. The minimum absolute atomic E-state index is 0.144. The van der Waals surface area contributed by atoms with Crippen LogP contribution in [0.25, 0.3) is 0 Å². The standard InChI is InChI=1S/C15H15ClN2OS/c1-9-7-10(2)18-14(16)13(9)8-17-15(19)11-3-5-12(20)6-4-11/h3-7,20H,8H2,1-2H3,(H,17,19). The average Bonchev–Trinajstić information content (AvgIpc) is 2.38. The Balaban J connectivity index is 2.09. The van der Waals surface area contributed by atoms with Gasteiger partial charge in [0.25, 0.3) is 5.91 Å². The zero-order chi connectivity index (χ0) is 14.7. The molecule has 0 saturated carbocycles. The molecule has 1 amide bonds. The van der Waals surface area contributed by atoms with Gasteiger partial charge in [-0.25, -0.2) is 4.98 Å². The molecular weight excluding hydrogens is 292 g/mol. The van der Waals surface area contributed by atoms with Gasteiger partial charge in [0, 0.05) is 28.3 Å². The summed E-state index contributed by atoms with van der Waals surface area (Å²) in [5, 5.41) is 3.29. The molecule has 20 heavy (non-hydrogen) atoms. The number of hydrogen-bond donors (Lipinski definition) is 2. The zero-order valence-corrected chi connectivity index (χ0v) is 12.9. The van der Waals surface area contributed by atoms with Crippen LogP contribution < -0.4 is 5.32 Å². The second kappa shape index (κ2) is 6.29. The van der Waals surface area contributed by atoms with Crippen molar-refractivity contribution >= 4 is 30.1 Å². The van der Waals surface area contributed by atoms with Gasteiger partial charge in [0.15, 0.2) is 0 Å². The van der Waals surface area contributed by atoms with Crippen molar-refractivity contribution in [3.8, 4) is 0 Å². The van der Waals surface area contributed by atoms with Gasteiger partial charge in [-0.05, 0) is 49.7 Å². The van der Waals surface area contributed by atoms with E-state index < -0.39 is 0 Å². The van der Waals surface area contributed by atoms with Gasteiger partial charge in [-0.15, -0.1) is 12.6 Å². The van der Waals surface area contributed by atoms with Crippen molar-refractivity contribution in [3.05, 3.63) is 57.9 Å². The van der Waals surface area contributed by atoms with Crippen LogP contribution in [0.4, 0.5) is 0 Å². The molecule has 1 N–H and O–H groups in total. The summed E-state index contributed by atoms with van der Waals surface area (Å²) in [7, 11) is 0. The first kappa shape index (κ1) is 14.9. The summed E-state index contributed by atoms with van der Waals surface area (Å²) in [6.07, 6.45) is 0. The zero-order valence-electron chi connectivity index (χ0n) is 11.3. The molecular formula is C15H15ClN2OS. The van der Waals surface area contributed by atoms with Crippen molar-refractivity contribution in [2.75, 3.05) is 0 Å². The lowest BCUT2D eigenvalue weighted by molar-refractivity contribution is 0.0951. The highest BCUT2D eigenvalue weighted by atomic mass is 35.5. The molecule has 3 nitrogen and oxygen atoms in total. The number of thiol groups is 1. The van der Waals surface area contributed by atoms with Gasteiger partial charge in [0.05, 0.1) is 0 Å². The molecule has 0 aliphatic heterocycles. The number of benzene rings is 1. The molecule has 0 fully saturated rings. The molecule has 0 unspecified atom stereocenters. The van der Waals surface area contributed by atoms with E-state index in [-0.39, 0.29) is 5.91 Å². The third-order valence-electron chi connectivity index (χ3n) is 2.98. The predicted octanol–water partition coefficient (Wildman–Crippen LogP) is 3.57. The Morgan fingerprint density at radius 2 is 1.95 bits per heavy atom. The van der Waals surface area contributed by atoms with Gasteiger partial charge < -0.3 is 5.32 Å². The minimum atomic E-state index is -0.144. The lowest BCUT2D eigenvalue weighted by atomic mass is 10.1. The topological polar surface area (TPSA) is 42.0 Å². The Bertz CT molecular complexity index is 618. The van der Waals surface area contributed by atoms with E-state index in [4.69, 9.17) is 11.6 Å². The quantitative estimate of drug-likeness (QED) is 0.672. The number of nitrogens with zero attached hydrogens (tertiary/aromatic N) is 1. The molecule has 0 spiro atoms. The van der Waals surface area contributed by atoms with Crippen LogP contribution in [0.15, 0.2) is 35.2 Å². The number of aryl methyl sites for hydroxylation is 2. The number of carbonyl (C=O) groups excluding carboxylic acids is 1. The molecule has 1 aromatic carbocycles. The first-order chi connectivity index (χ1) is 9.47. The summed E-state index contributed by atoms with van der Waals surface area (Å²) in [5.74, 6) is -0.144. The van der Waals surface area contributed by atoms with E-state index in [1.54, 1.807) is 24.3 Å². The maximum absolute atomic E-state index is 12.0. The fourth-order valence-corrected chi connectivity index (χ4v) is 2.41. The van der Waals surface area contributed by atoms with Crippen LogP contribution >= 0.6 is 24.2 Å². The van der Waals surface area contributed by atoms with Crippen LogP contribution in [0, 0.1) is 13.8 Å². The van der Waals surface area contributed by atoms with Crippen LogP contribution in [0.5, 0.6) is 0 Å². The molecule has 0 aliphatic carbocycles. The van der Waals surface area contributed by atoms with Crippen LogP contribution in [0.2, 0.25) is 5.15 Å². The van der Waals surface area contributed by atoms with Gasteiger partial charge in [-0.2, -0.15) is 0 Å². The van der Waals surface area contributed by atoms with Gasteiger partial charge in [0.1, 0.15) is 5.15 Å². The van der Waals surface area contributed by atoms with E-state index >= 15 is 0 Å². The van der Waals surface area contributed by atoms with Crippen LogP contribution in [-0.4, -0.2) is 10.9 Å². The summed E-state index contributed by atoms with van der Waals surface area (Å²) in [4.78, 5) is 17.0. The highest BCUT2D eigenvalue weighted by molar-refractivity contribution is 7.80. The molecule has 5 heteroatoms. The van der Waals surface area contributed by atoms with E-state index in [2.05, 4.69) is 22.9 Å². The van der Waals surface area contributed by atoms with Crippen LogP contribution in [0.3, 0.4) is 0 Å². The summed E-state index contributed by atoms with van der Waals surface area (Å²) in [6, 6.07) is 8.98. The molecule has 104 valence electrons. The largest absolute Gasteiger partial charge is 0.348 e. The third-order valence-corrected chi connectivity index (χ3v) is 3.59. The minimum Gasteiger partial charge on any atom is -0.348 e. The second-order valence-electron chi connectivity index (χ2n) is 4.58. The number of amides is 1. The molecule has 0 aliphatic rings. The summed E-state index contributed by atoms with van der Waals surface area (Å²) in [6.45, 7) is 4.21.